The molecule has 4 amide bonds. The number of fused-ring (bicyclic) bond motifs is 1. The van der Waals surface area contributed by atoms with E-state index in [1.807, 2.05) is 109 Å². The molecule has 7 rings (SSSR count). The highest BCUT2D eigenvalue weighted by molar-refractivity contribution is 6.00. The Labute approximate surface area is 285 Å². The number of anilines is 2. The van der Waals surface area contributed by atoms with Crippen molar-refractivity contribution in [1.82, 2.24) is 14.8 Å². The summed E-state index contributed by atoms with van der Waals surface area (Å²) in [4.78, 5) is 59.4. The third-order valence-electron chi connectivity index (χ3n) is 9.50. The monoisotopic (exact) mass is 653 g/mol. The highest BCUT2D eigenvalue weighted by Crippen LogP contribution is 2.29. The van der Waals surface area contributed by atoms with Crippen LogP contribution in [0.25, 0.3) is 22.2 Å². The molecule has 2 aliphatic rings. The normalized spacial score (nSPS) is 17.3. The lowest BCUT2D eigenvalue weighted by molar-refractivity contribution is -0.136. The second-order valence-electron chi connectivity index (χ2n) is 12.9. The molecule has 2 aliphatic heterocycles. The smallest absolute Gasteiger partial charge is 0.247 e. The van der Waals surface area contributed by atoms with Crippen molar-refractivity contribution in [1.29, 1.82) is 0 Å². The fourth-order valence-corrected chi connectivity index (χ4v) is 6.96. The van der Waals surface area contributed by atoms with Crippen LogP contribution in [0.15, 0.2) is 109 Å². The number of aromatic amines is 1. The lowest BCUT2D eigenvalue weighted by Gasteiger charge is -2.24. The first-order valence-electron chi connectivity index (χ1n) is 16.9. The summed E-state index contributed by atoms with van der Waals surface area (Å²) in [6.07, 6.45) is 3.46. The summed E-state index contributed by atoms with van der Waals surface area (Å²) < 4.78 is 0. The molecule has 0 spiro atoms. The Hall–Kier alpha value is -5.70. The Balaban J connectivity index is 0.967. The number of carbonyl (C=O) groups excluding carboxylic acids is 4. The first-order chi connectivity index (χ1) is 23.9. The number of nitrogens with zero attached hydrogens (tertiary/aromatic N) is 2. The molecule has 2 saturated heterocycles. The molecule has 49 heavy (non-hydrogen) atoms. The van der Waals surface area contributed by atoms with E-state index in [2.05, 4.69) is 15.6 Å². The van der Waals surface area contributed by atoms with Crippen molar-refractivity contribution in [2.24, 2.45) is 0 Å². The predicted octanol–water partition coefficient (Wildman–Crippen LogP) is 6.18. The number of aromatic nitrogens is 1. The molecule has 3 heterocycles. The minimum atomic E-state index is -0.489. The fourth-order valence-electron chi connectivity index (χ4n) is 6.96. The van der Waals surface area contributed by atoms with E-state index in [4.69, 9.17) is 0 Å². The van der Waals surface area contributed by atoms with Crippen LogP contribution >= 0.6 is 0 Å². The van der Waals surface area contributed by atoms with Gasteiger partial charge in [0.05, 0.1) is 12.8 Å². The topological polar surface area (TPSA) is 115 Å². The van der Waals surface area contributed by atoms with Gasteiger partial charge in [-0.2, -0.15) is 0 Å². The fraction of sp³-hybridized carbons (Fsp3) is 0.250. The lowest BCUT2D eigenvalue weighted by Crippen LogP contribution is -2.43. The van der Waals surface area contributed by atoms with Gasteiger partial charge in [0, 0.05) is 41.1 Å². The average Bonchev–Trinajstić information content (AvgIpc) is 3.90. The van der Waals surface area contributed by atoms with Crippen molar-refractivity contribution in [3.63, 3.8) is 0 Å². The minimum absolute atomic E-state index is 0.0322. The van der Waals surface area contributed by atoms with Crippen LogP contribution in [0.2, 0.25) is 0 Å². The van der Waals surface area contributed by atoms with Crippen molar-refractivity contribution >= 4 is 45.9 Å². The summed E-state index contributed by atoms with van der Waals surface area (Å²) in [6.45, 7) is 1.17. The van der Waals surface area contributed by atoms with Gasteiger partial charge in [0.1, 0.15) is 12.1 Å². The lowest BCUT2D eigenvalue weighted by atomic mass is 10.1. The van der Waals surface area contributed by atoms with E-state index >= 15 is 0 Å². The maximum Gasteiger partial charge on any atom is 0.247 e. The van der Waals surface area contributed by atoms with Gasteiger partial charge >= 0.3 is 0 Å². The van der Waals surface area contributed by atoms with Crippen molar-refractivity contribution < 1.29 is 19.2 Å². The third-order valence-corrected chi connectivity index (χ3v) is 9.50. The molecular formula is C40H39N5O4. The summed E-state index contributed by atoms with van der Waals surface area (Å²) >= 11 is 0. The molecule has 0 saturated carbocycles. The second-order valence-corrected chi connectivity index (χ2v) is 12.9. The van der Waals surface area contributed by atoms with Crippen LogP contribution in [0, 0.1) is 0 Å². The summed E-state index contributed by atoms with van der Waals surface area (Å²) in [5.41, 5.74) is 5.92. The molecule has 3 N–H and O–H groups in total. The van der Waals surface area contributed by atoms with Crippen molar-refractivity contribution in [3.05, 3.63) is 120 Å². The maximum atomic E-state index is 13.3. The first kappa shape index (κ1) is 31.9. The zero-order chi connectivity index (χ0) is 33.7. The summed E-state index contributed by atoms with van der Waals surface area (Å²) in [6, 6.07) is 33.6. The summed E-state index contributed by atoms with van der Waals surface area (Å²) in [5.74, 6) is -0.416. The zero-order valence-corrected chi connectivity index (χ0v) is 27.2. The van der Waals surface area contributed by atoms with Crippen molar-refractivity contribution in [3.8, 4) is 11.3 Å². The predicted molar refractivity (Wildman–Crippen MR) is 191 cm³/mol. The zero-order valence-electron chi connectivity index (χ0n) is 27.2. The number of hydrogen-bond donors (Lipinski definition) is 3. The Morgan fingerprint density at radius 2 is 1.12 bits per heavy atom. The molecule has 2 fully saturated rings. The molecule has 9 nitrogen and oxygen atoms in total. The molecular weight excluding hydrogens is 614 g/mol. The summed E-state index contributed by atoms with van der Waals surface area (Å²) in [5, 5.41) is 7.02. The molecule has 4 aromatic carbocycles. The third kappa shape index (κ3) is 7.26. The van der Waals surface area contributed by atoms with E-state index in [0.29, 0.717) is 37.3 Å². The van der Waals surface area contributed by atoms with Crippen molar-refractivity contribution in [2.75, 3.05) is 23.7 Å². The van der Waals surface area contributed by atoms with Gasteiger partial charge < -0.3 is 25.4 Å². The van der Waals surface area contributed by atoms with Crippen LogP contribution in [0.4, 0.5) is 11.4 Å². The van der Waals surface area contributed by atoms with Gasteiger partial charge in [-0.25, -0.2) is 0 Å². The van der Waals surface area contributed by atoms with Crippen LogP contribution in [-0.4, -0.2) is 63.6 Å². The molecule has 1 aromatic heterocycles. The Bertz CT molecular complexity index is 1970. The number of benzene rings is 4. The number of likely N-dealkylation sites (tertiary alicyclic amines) is 2. The van der Waals surface area contributed by atoms with Crippen LogP contribution < -0.4 is 10.6 Å². The van der Waals surface area contributed by atoms with Gasteiger partial charge in [-0.3, -0.25) is 19.2 Å². The number of carbonyl (C=O) groups is 4. The van der Waals surface area contributed by atoms with Gasteiger partial charge in [0.25, 0.3) is 0 Å². The Morgan fingerprint density at radius 1 is 0.612 bits per heavy atom. The van der Waals surface area contributed by atoms with Crippen LogP contribution in [-0.2, 0) is 32.0 Å². The van der Waals surface area contributed by atoms with E-state index in [1.54, 1.807) is 9.80 Å². The largest absolute Gasteiger partial charge is 0.354 e. The highest BCUT2D eigenvalue weighted by Gasteiger charge is 2.35. The number of rotatable bonds is 9. The van der Waals surface area contributed by atoms with E-state index in [1.165, 1.54) is 0 Å². The first-order valence-corrected chi connectivity index (χ1v) is 16.9. The molecule has 0 radical (unpaired) electrons. The standard InChI is InChI=1S/C40H39N5O4/c46-37(23-27-9-3-1-4-10-27)44-21-7-13-35(44)39(48)41-31-18-15-29(16-19-31)33-25-30-17-20-32(26-34(30)43-33)42-40(49)36-14-8-22-45(36)38(47)24-28-11-5-2-6-12-28/h1-6,9-12,15-20,25-26,35-36,43H,7-8,13-14,21-24H2,(H,41,48)(H,42,49)/t35-,36-/m0/s1. The van der Waals surface area contributed by atoms with Crippen LogP contribution in [0.5, 0.6) is 0 Å². The van der Waals surface area contributed by atoms with Gasteiger partial charge in [-0.15, -0.1) is 0 Å². The average molecular weight is 654 g/mol. The second kappa shape index (κ2) is 14.2. The minimum Gasteiger partial charge on any atom is -0.354 e. The molecule has 0 bridgehead atoms. The number of hydrogen-bond acceptors (Lipinski definition) is 4. The molecule has 0 aliphatic carbocycles. The molecule has 248 valence electrons. The van der Waals surface area contributed by atoms with Crippen LogP contribution in [0.3, 0.4) is 0 Å². The van der Waals surface area contributed by atoms with Gasteiger partial charge in [-0.1, -0.05) is 78.9 Å². The van der Waals surface area contributed by atoms with E-state index in [0.717, 1.165) is 46.1 Å². The molecule has 0 unspecified atom stereocenters. The maximum absolute atomic E-state index is 13.3. The number of H-pyrrole nitrogens is 1. The molecule has 5 aromatic rings. The Kier molecular flexibility index (Phi) is 9.23. The molecule has 2 atom stereocenters. The van der Waals surface area contributed by atoms with Crippen molar-refractivity contribution in [2.45, 2.75) is 50.6 Å². The summed E-state index contributed by atoms with van der Waals surface area (Å²) in [7, 11) is 0. The quantitative estimate of drug-likeness (QED) is 0.176. The van der Waals surface area contributed by atoms with E-state index in [-0.39, 0.29) is 36.5 Å². The number of nitrogens with one attached hydrogen (secondary N) is 3. The number of amides is 4. The SMILES string of the molecule is O=C(Nc1ccc(-c2cc3ccc(NC(=O)[C@@H]4CCCN4C(=O)Cc4ccccc4)cc3[nH]2)cc1)[C@@H]1CCCN1C(=O)Cc1ccccc1. The van der Waals surface area contributed by atoms with Crippen LogP contribution in [0.1, 0.15) is 36.8 Å². The highest BCUT2D eigenvalue weighted by atomic mass is 16.2. The Morgan fingerprint density at radius 3 is 1.67 bits per heavy atom. The molecule has 9 heteroatoms. The van der Waals surface area contributed by atoms with Gasteiger partial charge in [0.2, 0.25) is 23.6 Å². The van der Waals surface area contributed by atoms with Gasteiger partial charge in [-0.05, 0) is 72.7 Å². The van der Waals surface area contributed by atoms with E-state index in [9.17, 15) is 19.2 Å². The van der Waals surface area contributed by atoms with E-state index < -0.39 is 12.1 Å². The van der Waals surface area contributed by atoms with Gasteiger partial charge in [0.15, 0.2) is 0 Å².